The molecule has 0 bridgehead atoms. The van der Waals surface area contributed by atoms with Crippen LogP contribution in [0.4, 0.5) is 9.18 Å². The summed E-state index contributed by atoms with van der Waals surface area (Å²) in [5.41, 5.74) is 2.33. The number of aliphatic hydroxyl groups excluding tert-OH is 1. The number of hydrogen-bond acceptors (Lipinski definition) is 4. The van der Waals surface area contributed by atoms with Crippen molar-refractivity contribution < 1.29 is 19.0 Å². The minimum Gasteiger partial charge on any atom is -0.446 e. The maximum atomic E-state index is 12.3. The largest absolute Gasteiger partial charge is 0.446 e. The number of H-pyrrole nitrogens is 1. The van der Waals surface area contributed by atoms with Crippen molar-refractivity contribution in [2.24, 2.45) is 0 Å². The van der Waals surface area contributed by atoms with Crippen LogP contribution in [-0.4, -0.2) is 40.3 Å². The Kier molecular flexibility index (Phi) is 8.78. The van der Waals surface area contributed by atoms with Crippen LogP contribution in [0.15, 0.2) is 77.7 Å². The van der Waals surface area contributed by atoms with Gasteiger partial charge in [-0.2, -0.15) is 0 Å². The molecule has 174 valence electrons. The first-order chi connectivity index (χ1) is 16.0. The van der Waals surface area contributed by atoms with Crippen molar-refractivity contribution in [1.29, 1.82) is 0 Å². The van der Waals surface area contributed by atoms with E-state index in [4.69, 9.17) is 9.84 Å². The van der Waals surface area contributed by atoms with Crippen LogP contribution in [0.1, 0.15) is 37.8 Å². The second-order valence-electron chi connectivity index (χ2n) is 7.86. The fourth-order valence-electron chi connectivity index (χ4n) is 3.70. The lowest BCUT2D eigenvalue weighted by Gasteiger charge is -2.35. The zero-order valence-electron chi connectivity index (χ0n) is 18.6. The summed E-state index contributed by atoms with van der Waals surface area (Å²) >= 11 is 0. The number of carbonyl (C=O) groups is 1. The summed E-state index contributed by atoms with van der Waals surface area (Å²) in [5.74, 6) is -0.178. The number of nitrogens with one attached hydrogen (secondary N) is 1. The summed E-state index contributed by atoms with van der Waals surface area (Å²) in [4.78, 5) is 28.6. The zero-order chi connectivity index (χ0) is 23.6. The summed E-state index contributed by atoms with van der Waals surface area (Å²) in [6, 6.07) is 19.1. The number of cyclic esters (lactones) is 1. The van der Waals surface area contributed by atoms with Gasteiger partial charge in [0.25, 0.3) is 5.56 Å². The molecule has 2 atom stereocenters. The van der Waals surface area contributed by atoms with Gasteiger partial charge in [0.1, 0.15) is 11.9 Å². The van der Waals surface area contributed by atoms with Crippen molar-refractivity contribution in [1.82, 2.24) is 9.88 Å². The summed E-state index contributed by atoms with van der Waals surface area (Å²) in [6.07, 6.45) is 3.31. The third-order valence-electron chi connectivity index (χ3n) is 5.60. The monoisotopic (exact) mass is 452 g/mol. The molecule has 3 aromatic rings. The number of aromatic amines is 1. The number of halogens is 1. The maximum absolute atomic E-state index is 12.3. The first-order valence-corrected chi connectivity index (χ1v) is 11.1. The average Bonchev–Trinajstić information content (AvgIpc) is 2.84. The molecule has 1 saturated heterocycles. The number of pyridine rings is 1. The van der Waals surface area contributed by atoms with Crippen LogP contribution < -0.4 is 5.56 Å². The van der Waals surface area contributed by atoms with E-state index >= 15 is 0 Å². The number of rotatable bonds is 6. The summed E-state index contributed by atoms with van der Waals surface area (Å²) in [5, 5.41) is 8.90. The van der Waals surface area contributed by atoms with Crippen molar-refractivity contribution in [3.05, 3.63) is 94.7 Å². The van der Waals surface area contributed by atoms with Gasteiger partial charge in [0.2, 0.25) is 0 Å². The highest BCUT2D eigenvalue weighted by molar-refractivity contribution is 5.69. The molecule has 0 saturated carbocycles. The molecule has 2 aromatic carbocycles. The Bertz CT molecular complexity index is 1070. The summed E-state index contributed by atoms with van der Waals surface area (Å²) in [7, 11) is 0. The molecule has 6 nitrogen and oxygen atoms in total. The van der Waals surface area contributed by atoms with Gasteiger partial charge in [-0.15, -0.1) is 0 Å². The molecule has 1 amide bonds. The molecular weight excluding hydrogens is 423 g/mol. The molecule has 1 aromatic heterocycles. The SMILES string of the molecule is CC(c1ccc(-c2ccc[nH]c2=O)cc1)N1CCC(CCCO)OC1=O.Fc1ccccc1. The molecule has 2 N–H and O–H groups in total. The van der Waals surface area contributed by atoms with Crippen molar-refractivity contribution >= 4 is 6.09 Å². The van der Waals surface area contributed by atoms with Crippen LogP contribution >= 0.6 is 0 Å². The maximum Gasteiger partial charge on any atom is 0.410 e. The van der Waals surface area contributed by atoms with Gasteiger partial charge >= 0.3 is 6.09 Å². The minimum atomic E-state index is -0.310. The molecule has 7 heteroatoms. The Labute approximate surface area is 192 Å². The second kappa shape index (κ2) is 12.0. The smallest absolute Gasteiger partial charge is 0.410 e. The van der Waals surface area contributed by atoms with Crippen LogP contribution in [0.25, 0.3) is 11.1 Å². The quantitative estimate of drug-likeness (QED) is 0.557. The van der Waals surface area contributed by atoms with Crippen LogP contribution in [-0.2, 0) is 4.74 Å². The highest BCUT2D eigenvalue weighted by atomic mass is 19.1. The first-order valence-electron chi connectivity index (χ1n) is 11.1. The molecule has 2 heterocycles. The van der Waals surface area contributed by atoms with Gasteiger partial charge in [0.15, 0.2) is 0 Å². The number of aliphatic hydroxyl groups is 1. The molecule has 4 rings (SSSR count). The van der Waals surface area contributed by atoms with Crippen molar-refractivity contribution in [2.75, 3.05) is 13.2 Å². The lowest BCUT2D eigenvalue weighted by molar-refractivity contribution is 0.00760. The van der Waals surface area contributed by atoms with Crippen LogP contribution in [0.2, 0.25) is 0 Å². The number of ether oxygens (including phenoxy) is 1. The van der Waals surface area contributed by atoms with E-state index in [1.807, 2.05) is 31.2 Å². The molecule has 0 aliphatic carbocycles. The Hall–Kier alpha value is -3.45. The third kappa shape index (κ3) is 6.76. The van der Waals surface area contributed by atoms with Gasteiger partial charge in [-0.25, -0.2) is 9.18 Å². The van der Waals surface area contributed by atoms with Gasteiger partial charge in [0, 0.05) is 31.3 Å². The van der Waals surface area contributed by atoms with Crippen LogP contribution in [0, 0.1) is 5.82 Å². The fraction of sp³-hybridized carbons (Fsp3) is 0.308. The van der Waals surface area contributed by atoms with Crippen LogP contribution in [0.3, 0.4) is 0 Å². The lowest BCUT2D eigenvalue weighted by Crippen LogP contribution is -2.43. The Morgan fingerprint density at radius 3 is 2.39 bits per heavy atom. The number of benzene rings is 2. The van der Waals surface area contributed by atoms with Crippen LogP contribution in [0.5, 0.6) is 0 Å². The first kappa shape index (κ1) is 24.2. The van der Waals surface area contributed by atoms with Gasteiger partial charge < -0.3 is 19.7 Å². The minimum absolute atomic E-state index is 0.106. The number of nitrogens with zero attached hydrogens (tertiary/aromatic N) is 1. The van der Waals surface area contributed by atoms with Gasteiger partial charge in [-0.1, -0.05) is 42.5 Å². The van der Waals surface area contributed by atoms with Gasteiger partial charge in [-0.05, 0) is 55.2 Å². The second-order valence-corrected chi connectivity index (χ2v) is 7.86. The molecule has 33 heavy (non-hydrogen) atoms. The van der Waals surface area contributed by atoms with Gasteiger partial charge in [0.05, 0.1) is 6.04 Å². The highest BCUT2D eigenvalue weighted by Gasteiger charge is 2.30. The molecular formula is C26H29FN2O4. The van der Waals surface area contributed by atoms with E-state index in [0.29, 0.717) is 24.9 Å². The van der Waals surface area contributed by atoms with E-state index in [-0.39, 0.29) is 36.2 Å². The normalized spacial score (nSPS) is 16.4. The molecule has 0 radical (unpaired) electrons. The Morgan fingerprint density at radius 2 is 1.82 bits per heavy atom. The number of hydrogen-bond donors (Lipinski definition) is 2. The van der Waals surface area contributed by atoms with Crippen molar-refractivity contribution in [3.8, 4) is 11.1 Å². The molecule has 1 aliphatic heterocycles. The predicted molar refractivity (Wildman–Crippen MR) is 125 cm³/mol. The van der Waals surface area contributed by atoms with E-state index in [2.05, 4.69) is 4.98 Å². The third-order valence-corrected chi connectivity index (χ3v) is 5.60. The van der Waals surface area contributed by atoms with Crippen molar-refractivity contribution in [3.63, 3.8) is 0 Å². The van der Waals surface area contributed by atoms with Gasteiger partial charge in [-0.3, -0.25) is 4.79 Å². The lowest BCUT2D eigenvalue weighted by atomic mass is 10.0. The fourth-order valence-corrected chi connectivity index (χ4v) is 3.70. The summed E-state index contributed by atoms with van der Waals surface area (Å²) < 4.78 is 17.4. The van der Waals surface area contributed by atoms with E-state index in [9.17, 15) is 14.0 Å². The molecule has 1 fully saturated rings. The Balaban J connectivity index is 0.000000374. The average molecular weight is 453 g/mol. The van der Waals surface area contributed by atoms with E-state index in [1.54, 1.807) is 41.4 Å². The standard InChI is InChI=1S/C20H24N2O4.C6H5F/c1-14(22-12-10-17(4-3-13-23)26-20(22)25)15-6-8-16(9-7-15)18-5-2-11-21-19(18)24;7-6-4-2-1-3-5-6/h2,5-9,11,14,17,23H,3-4,10,12-13H2,1H3,(H,21,24);1-5H. The molecule has 2 unspecified atom stereocenters. The number of carbonyl (C=O) groups excluding carboxylic acids is 1. The van der Waals surface area contributed by atoms with E-state index in [0.717, 1.165) is 17.5 Å². The zero-order valence-corrected chi connectivity index (χ0v) is 18.6. The number of amides is 1. The number of aromatic nitrogens is 1. The topological polar surface area (TPSA) is 82.6 Å². The Morgan fingerprint density at radius 1 is 1.09 bits per heavy atom. The van der Waals surface area contributed by atoms with E-state index < -0.39 is 0 Å². The summed E-state index contributed by atoms with van der Waals surface area (Å²) in [6.45, 7) is 2.72. The highest BCUT2D eigenvalue weighted by Crippen LogP contribution is 2.27. The predicted octanol–water partition coefficient (Wildman–Crippen LogP) is 4.91. The molecule has 1 aliphatic rings. The molecule has 0 spiro atoms. The van der Waals surface area contributed by atoms with Crippen molar-refractivity contribution in [2.45, 2.75) is 38.3 Å². The van der Waals surface area contributed by atoms with E-state index in [1.165, 1.54) is 12.1 Å².